The normalized spacial score (nSPS) is 11.8. The number of imidazole rings is 2. The number of carbonyl (C=O) groups excluding carboxylic acids is 1. The van der Waals surface area contributed by atoms with Gasteiger partial charge in [0, 0.05) is 12.6 Å². The fourth-order valence-corrected chi connectivity index (χ4v) is 4.67. The standard InChI is InChI=1S/C29H28N8O6/c1-14(24-34-20-6-4-18(33-29(30)31)13-22(20)35-24)25-36-21-5-3-15(12-23(21)37(25)2)26(38)32-7-8-43-19-10-16(27(39)40)9-17(11-19)28(41)42/h3-6,9-14H,7-8H2,1-2H3,(H,32,38)(H,34,35)(H,39,40)(H,41,42)(H4,30,31,33). The largest absolute Gasteiger partial charge is 0.492 e. The van der Waals surface area contributed by atoms with Crippen molar-refractivity contribution < 1.29 is 29.3 Å². The van der Waals surface area contributed by atoms with Crippen LogP contribution in [-0.2, 0) is 7.05 Å². The van der Waals surface area contributed by atoms with Gasteiger partial charge in [-0.1, -0.05) is 0 Å². The van der Waals surface area contributed by atoms with Crippen molar-refractivity contribution in [3.05, 3.63) is 82.9 Å². The highest BCUT2D eigenvalue weighted by atomic mass is 16.5. The number of aliphatic imine (C=N–C) groups is 1. The number of aromatic nitrogens is 4. The number of hydrogen-bond donors (Lipinski definition) is 6. The van der Waals surface area contributed by atoms with E-state index in [1.807, 2.05) is 30.7 Å². The Morgan fingerprint density at radius 2 is 1.67 bits per heavy atom. The van der Waals surface area contributed by atoms with Gasteiger partial charge in [-0.15, -0.1) is 0 Å². The van der Waals surface area contributed by atoms with E-state index >= 15 is 0 Å². The minimum Gasteiger partial charge on any atom is -0.492 e. The van der Waals surface area contributed by atoms with Crippen LogP contribution in [0.3, 0.4) is 0 Å². The molecule has 8 N–H and O–H groups in total. The Hall–Kier alpha value is -5.92. The number of guanidine groups is 1. The molecule has 0 bridgehead atoms. The number of ether oxygens (including phenoxy) is 1. The van der Waals surface area contributed by atoms with Crippen molar-refractivity contribution in [2.75, 3.05) is 13.2 Å². The second-order valence-electron chi connectivity index (χ2n) is 9.78. The summed E-state index contributed by atoms with van der Waals surface area (Å²) < 4.78 is 7.41. The monoisotopic (exact) mass is 584 g/mol. The fourth-order valence-electron chi connectivity index (χ4n) is 4.67. The number of carbonyl (C=O) groups is 3. The molecule has 1 atom stereocenters. The molecule has 0 saturated heterocycles. The van der Waals surface area contributed by atoms with Gasteiger partial charge in [-0.05, 0) is 61.5 Å². The van der Waals surface area contributed by atoms with Crippen LogP contribution in [0.5, 0.6) is 5.75 Å². The Morgan fingerprint density at radius 3 is 2.35 bits per heavy atom. The number of H-pyrrole nitrogens is 1. The van der Waals surface area contributed by atoms with Crippen LogP contribution < -0.4 is 21.5 Å². The van der Waals surface area contributed by atoms with Gasteiger partial charge in [-0.25, -0.2) is 24.5 Å². The van der Waals surface area contributed by atoms with Crippen molar-refractivity contribution in [3.8, 4) is 5.75 Å². The number of carboxylic acids is 2. The van der Waals surface area contributed by atoms with Crippen LogP contribution >= 0.6 is 0 Å². The van der Waals surface area contributed by atoms with Crippen molar-refractivity contribution in [1.82, 2.24) is 24.8 Å². The van der Waals surface area contributed by atoms with Gasteiger partial charge < -0.3 is 41.3 Å². The number of carboxylic acid groups (broad SMARTS) is 2. The third-order valence-electron chi connectivity index (χ3n) is 6.77. The van der Waals surface area contributed by atoms with Gasteiger partial charge in [0.25, 0.3) is 5.91 Å². The fraction of sp³-hybridized carbons (Fsp3) is 0.172. The topological polar surface area (TPSA) is 224 Å². The predicted molar refractivity (Wildman–Crippen MR) is 158 cm³/mol. The number of nitrogens with one attached hydrogen (secondary N) is 2. The molecule has 3 aromatic carbocycles. The molecule has 1 amide bonds. The first-order chi connectivity index (χ1) is 20.5. The highest BCUT2D eigenvalue weighted by Crippen LogP contribution is 2.28. The van der Waals surface area contributed by atoms with Crippen molar-refractivity contribution in [2.45, 2.75) is 12.8 Å². The molecule has 220 valence electrons. The summed E-state index contributed by atoms with van der Waals surface area (Å²) in [6.07, 6.45) is 0. The number of benzene rings is 3. The maximum Gasteiger partial charge on any atom is 0.335 e. The third kappa shape index (κ3) is 6.07. The molecule has 2 aromatic heterocycles. The number of rotatable bonds is 10. The minimum atomic E-state index is -1.28. The number of aromatic amines is 1. The second-order valence-corrected chi connectivity index (χ2v) is 9.78. The first-order valence-electron chi connectivity index (χ1n) is 13.1. The average Bonchev–Trinajstić information content (AvgIpc) is 3.54. The summed E-state index contributed by atoms with van der Waals surface area (Å²) in [7, 11) is 1.87. The van der Waals surface area contributed by atoms with Crippen LogP contribution in [0.2, 0.25) is 0 Å². The smallest absolute Gasteiger partial charge is 0.335 e. The minimum absolute atomic E-state index is 0.00552. The third-order valence-corrected chi connectivity index (χ3v) is 6.77. The molecule has 1 unspecified atom stereocenters. The zero-order chi connectivity index (χ0) is 30.8. The highest BCUT2D eigenvalue weighted by molar-refractivity contribution is 5.97. The van der Waals surface area contributed by atoms with Gasteiger partial charge in [0.05, 0.1) is 51.3 Å². The van der Waals surface area contributed by atoms with Crippen LogP contribution in [0.15, 0.2) is 59.6 Å². The Balaban J connectivity index is 1.27. The van der Waals surface area contributed by atoms with Crippen molar-refractivity contribution in [1.29, 1.82) is 0 Å². The lowest BCUT2D eigenvalue weighted by Gasteiger charge is -2.10. The first-order valence-corrected chi connectivity index (χ1v) is 13.1. The first kappa shape index (κ1) is 28.6. The summed E-state index contributed by atoms with van der Waals surface area (Å²) in [5.41, 5.74) is 14.6. The maximum absolute atomic E-state index is 12.9. The average molecular weight is 585 g/mol. The van der Waals surface area contributed by atoms with Gasteiger partial charge in [0.1, 0.15) is 24.0 Å². The van der Waals surface area contributed by atoms with Gasteiger partial charge in [0.15, 0.2) is 5.96 Å². The summed E-state index contributed by atoms with van der Waals surface area (Å²) in [4.78, 5) is 52.3. The maximum atomic E-state index is 12.9. The number of aryl methyl sites for hydroxylation is 1. The van der Waals surface area contributed by atoms with Gasteiger partial charge in [0.2, 0.25) is 0 Å². The molecular formula is C29H28N8O6. The molecule has 0 spiro atoms. The van der Waals surface area contributed by atoms with E-state index in [4.69, 9.17) is 26.2 Å². The van der Waals surface area contributed by atoms with E-state index in [0.717, 1.165) is 28.4 Å². The number of nitrogens with zero attached hydrogens (tertiary/aromatic N) is 4. The SMILES string of the molecule is CC(c1nc2ccc(N=C(N)N)cc2[nH]1)c1nc2ccc(C(=O)NCCOc3cc(C(=O)O)cc(C(=O)O)c3)cc2n1C. The molecule has 43 heavy (non-hydrogen) atoms. The molecule has 0 aliphatic heterocycles. The molecule has 2 heterocycles. The van der Waals surface area contributed by atoms with E-state index in [1.54, 1.807) is 24.3 Å². The van der Waals surface area contributed by atoms with E-state index in [2.05, 4.69) is 15.3 Å². The Kier molecular flexibility index (Phi) is 7.66. The highest BCUT2D eigenvalue weighted by Gasteiger charge is 2.21. The Labute approximate surface area is 244 Å². The van der Waals surface area contributed by atoms with Crippen LogP contribution in [-0.4, -0.2) is 66.7 Å². The molecule has 0 saturated carbocycles. The second kappa shape index (κ2) is 11.5. The van der Waals surface area contributed by atoms with Crippen LogP contribution in [0.25, 0.3) is 22.1 Å². The molecule has 0 radical (unpaired) electrons. The van der Waals surface area contributed by atoms with Crippen molar-refractivity contribution >= 4 is 51.6 Å². The summed E-state index contributed by atoms with van der Waals surface area (Å²) in [5.74, 6) is -1.62. The number of nitrogens with two attached hydrogens (primary N) is 2. The van der Waals surface area contributed by atoms with Crippen LogP contribution in [0, 0.1) is 0 Å². The van der Waals surface area contributed by atoms with Crippen LogP contribution in [0.1, 0.15) is 55.6 Å². The number of aromatic carboxylic acids is 2. The predicted octanol–water partition coefficient (Wildman–Crippen LogP) is 2.71. The molecular weight excluding hydrogens is 556 g/mol. The number of hydrogen-bond acceptors (Lipinski definition) is 7. The van der Waals surface area contributed by atoms with E-state index in [9.17, 15) is 24.6 Å². The summed E-state index contributed by atoms with van der Waals surface area (Å²) in [6.45, 7) is 2.07. The lowest BCUT2D eigenvalue weighted by Crippen LogP contribution is -2.28. The Bertz CT molecular complexity index is 1890. The van der Waals surface area contributed by atoms with Gasteiger partial charge >= 0.3 is 11.9 Å². The molecule has 0 fully saturated rings. The Morgan fingerprint density at radius 1 is 0.977 bits per heavy atom. The molecule has 0 aliphatic carbocycles. The zero-order valence-electron chi connectivity index (χ0n) is 23.2. The zero-order valence-corrected chi connectivity index (χ0v) is 23.2. The molecule has 14 heteroatoms. The summed E-state index contributed by atoms with van der Waals surface area (Å²) >= 11 is 0. The molecule has 0 aliphatic rings. The lowest BCUT2D eigenvalue weighted by molar-refractivity contribution is 0.0696. The number of fused-ring (bicyclic) bond motifs is 2. The molecule has 14 nitrogen and oxygen atoms in total. The van der Waals surface area contributed by atoms with E-state index in [0.29, 0.717) is 22.6 Å². The summed E-state index contributed by atoms with van der Waals surface area (Å²) in [6, 6.07) is 14.1. The van der Waals surface area contributed by atoms with E-state index in [1.165, 1.54) is 12.1 Å². The van der Waals surface area contributed by atoms with Gasteiger partial charge in [-0.3, -0.25) is 4.79 Å². The van der Waals surface area contributed by atoms with E-state index < -0.39 is 11.9 Å². The lowest BCUT2D eigenvalue weighted by atomic mass is 10.1. The summed E-state index contributed by atoms with van der Waals surface area (Å²) in [5, 5.41) is 21.2. The van der Waals surface area contributed by atoms with Gasteiger partial charge in [-0.2, -0.15) is 0 Å². The molecule has 5 aromatic rings. The van der Waals surface area contributed by atoms with Crippen molar-refractivity contribution in [2.24, 2.45) is 23.5 Å². The van der Waals surface area contributed by atoms with Crippen molar-refractivity contribution in [3.63, 3.8) is 0 Å². The van der Waals surface area contributed by atoms with E-state index in [-0.39, 0.29) is 47.8 Å². The quantitative estimate of drug-likeness (QED) is 0.0799. The molecule has 5 rings (SSSR count). The van der Waals surface area contributed by atoms with Crippen LogP contribution in [0.4, 0.5) is 5.69 Å². The number of amides is 1.